The van der Waals surface area contributed by atoms with Crippen LogP contribution < -0.4 is 28.4 Å². The average molecular weight is 575 g/mol. The summed E-state index contributed by atoms with van der Waals surface area (Å²) in [6.45, 7) is 1.83. The quantitative estimate of drug-likeness (QED) is 0.180. The van der Waals surface area contributed by atoms with Gasteiger partial charge in [0.2, 0.25) is 0 Å². The van der Waals surface area contributed by atoms with Gasteiger partial charge in [-0.25, -0.2) is 0 Å². The van der Waals surface area contributed by atoms with Gasteiger partial charge in [-0.2, -0.15) is 0 Å². The largest absolute Gasteiger partial charge is 0.508 e. The van der Waals surface area contributed by atoms with Crippen LogP contribution in [0.5, 0.6) is 46.0 Å². The van der Waals surface area contributed by atoms with E-state index in [2.05, 4.69) is 0 Å². The van der Waals surface area contributed by atoms with Crippen molar-refractivity contribution < 1.29 is 43.4 Å². The monoisotopic (exact) mass is 574 g/mol. The van der Waals surface area contributed by atoms with Crippen LogP contribution in [0.15, 0.2) is 60.7 Å². The van der Waals surface area contributed by atoms with E-state index in [0.717, 1.165) is 5.56 Å². The molecular formula is C33H34O9. The number of carbonyl (C=O) groups excluding carboxylic acids is 1. The first-order valence-electron chi connectivity index (χ1n) is 13.2. The number of Topliss-reactive ketones (excluding diaryl/α,β-unsaturated/α-hetero) is 1. The molecule has 0 fully saturated rings. The molecule has 0 saturated carbocycles. The van der Waals surface area contributed by atoms with Crippen LogP contribution in [-0.4, -0.2) is 51.5 Å². The summed E-state index contributed by atoms with van der Waals surface area (Å²) in [6, 6.07) is 16.5. The van der Waals surface area contributed by atoms with Gasteiger partial charge in [-0.05, 0) is 35.4 Å². The first-order valence-corrected chi connectivity index (χ1v) is 13.2. The molecule has 0 aliphatic rings. The Morgan fingerprint density at radius 1 is 0.643 bits per heavy atom. The lowest BCUT2D eigenvalue weighted by Gasteiger charge is -2.26. The highest BCUT2D eigenvalue weighted by Crippen LogP contribution is 2.57. The molecule has 0 unspecified atom stereocenters. The minimum atomic E-state index is -0.233. The molecule has 0 aliphatic heterocycles. The molecule has 0 heterocycles. The van der Waals surface area contributed by atoms with Crippen molar-refractivity contribution in [1.29, 1.82) is 0 Å². The van der Waals surface area contributed by atoms with Crippen molar-refractivity contribution in [2.75, 3.05) is 35.5 Å². The van der Waals surface area contributed by atoms with Crippen LogP contribution in [0, 0.1) is 0 Å². The number of hydrogen-bond acceptors (Lipinski definition) is 9. The van der Waals surface area contributed by atoms with E-state index in [0.29, 0.717) is 45.3 Å². The zero-order valence-electron chi connectivity index (χ0n) is 24.4. The van der Waals surface area contributed by atoms with Crippen molar-refractivity contribution in [3.05, 3.63) is 71.8 Å². The molecule has 0 aliphatic carbocycles. The minimum absolute atomic E-state index is 0.0707. The number of phenols is 2. The van der Waals surface area contributed by atoms with Crippen molar-refractivity contribution in [2.45, 2.75) is 20.0 Å². The molecule has 220 valence electrons. The second kappa shape index (κ2) is 13.1. The lowest BCUT2D eigenvalue weighted by molar-refractivity contribution is 0.0980. The first kappa shape index (κ1) is 29.9. The van der Waals surface area contributed by atoms with Crippen LogP contribution in [-0.2, 0) is 6.61 Å². The van der Waals surface area contributed by atoms with Gasteiger partial charge in [0, 0.05) is 18.6 Å². The summed E-state index contributed by atoms with van der Waals surface area (Å²) in [6.07, 6.45) is 0.156. The molecule has 4 aromatic carbocycles. The zero-order chi connectivity index (χ0) is 30.4. The van der Waals surface area contributed by atoms with Gasteiger partial charge in [0.1, 0.15) is 58.2 Å². The molecule has 0 bridgehead atoms. The van der Waals surface area contributed by atoms with E-state index in [1.54, 1.807) is 55.5 Å². The third kappa shape index (κ3) is 5.72. The topological polar surface area (TPSA) is 113 Å². The predicted molar refractivity (Wildman–Crippen MR) is 159 cm³/mol. The zero-order valence-corrected chi connectivity index (χ0v) is 24.4. The third-order valence-electron chi connectivity index (χ3n) is 6.81. The molecule has 4 aromatic rings. The van der Waals surface area contributed by atoms with Crippen LogP contribution in [0.2, 0.25) is 0 Å². The second-order valence-corrected chi connectivity index (χ2v) is 9.21. The van der Waals surface area contributed by atoms with Crippen molar-refractivity contribution >= 4 is 5.78 Å². The highest BCUT2D eigenvalue weighted by atomic mass is 16.5. The summed E-state index contributed by atoms with van der Waals surface area (Å²) >= 11 is 0. The summed E-state index contributed by atoms with van der Waals surface area (Å²) in [5, 5.41) is 19.8. The summed E-state index contributed by atoms with van der Waals surface area (Å²) in [5.74, 6) is 2.03. The molecule has 0 saturated heterocycles. The van der Waals surface area contributed by atoms with E-state index in [1.807, 2.05) is 0 Å². The minimum Gasteiger partial charge on any atom is -0.508 e. The molecule has 0 amide bonds. The van der Waals surface area contributed by atoms with E-state index in [9.17, 15) is 15.0 Å². The highest BCUT2D eigenvalue weighted by Gasteiger charge is 2.34. The molecule has 0 aromatic heterocycles. The number of hydrogen-bond donors (Lipinski definition) is 2. The molecule has 0 atom stereocenters. The molecule has 2 N–H and O–H groups in total. The lowest BCUT2D eigenvalue weighted by Crippen LogP contribution is -2.11. The Labute approximate surface area is 244 Å². The van der Waals surface area contributed by atoms with Crippen molar-refractivity contribution in [2.24, 2.45) is 0 Å². The van der Waals surface area contributed by atoms with Crippen LogP contribution in [0.3, 0.4) is 0 Å². The maximum absolute atomic E-state index is 13.7. The first-order chi connectivity index (χ1) is 20.3. The van der Waals surface area contributed by atoms with E-state index in [-0.39, 0.29) is 47.4 Å². The molecule has 42 heavy (non-hydrogen) atoms. The van der Waals surface area contributed by atoms with E-state index >= 15 is 0 Å². The second-order valence-electron chi connectivity index (χ2n) is 9.21. The highest BCUT2D eigenvalue weighted by molar-refractivity contribution is 6.09. The smallest absolute Gasteiger partial charge is 0.170 e. The van der Waals surface area contributed by atoms with Gasteiger partial charge in [-0.15, -0.1) is 0 Å². The number of ether oxygens (including phenoxy) is 6. The van der Waals surface area contributed by atoms with Gasteiger partial charge in [0.05, 0.1) is 52.2 Å². The molecule has 0 spiro atoms. The standard InChI is InChI=1S/C33H34O9/c1-7-24(36)28-32(41-6)30(29-25(38-3)16-23(37-2)17-26(29)39-4)31(40-5)27(20-10-14-22(35)15-11-20)33(28)42-18-19-8-12-21(34)13-9-19/h8-17,34-35H,7,18H2,1-6H3. The number of aromatic hydroxyl groups is 2. The predicted octanol–water partition coefficient (Wildman–Crippen LogP) is 6.65. The Balaban J connectivity index is 2.17. The van der Waals surface area contributed by atoms with E-state index in [4.69, 9.17) is 28.4 Å². The van der Waals surface area contributed by atoms with Crippen LogP contribution in [0.4, 0.5) is 0 Å². The number of phenolic OH excluding ortho intramolecular Hbond substituents is 2. The van der Waals surface area contributed by atoms with Crippen molar-refractivity contribution in [3.63, 3.8) is 0 Å². The van der Waals surface area contributed by atoms with Crippen molar-refractivity contribution in [3.8, 4) is 68.2 Å². The fourth-order valence-corrected chi connectivity index (χ4v) is 4.78. The molecule has 9 heteroatoms. The number of ketones is 1. The summed E-state index contributed by atoms with van der Waals surface area (Å²) in [4.78, 5) is 13.7. The van der Waals surface area contributed by atoms with Gasteiger partial charge >= 0.3 is 0 Å². The van der Waals surface area contributed by atoms with Gasteiger partial charge < -0.3 is 38.6 Å². The fraction of sp³-hybridized carbons (Fsp3) is 0.242. The molecular weight excluding hydrogens is 540 g/mol. The summed E-state index contributed by atoms with van der Waals surface area (Å²) in [5.41, 5.74) is 2.94. The fourth-order valence-electron chi connectivity index (χ4n) is 4.78. The Morgan fingerprint density at radius 2 is 1.19 bits per heavy atom. The van der Waals surface area contributed by atoms with E-state index in [1.165, 1.54) is 47.7 Å². The average Bonchev–Trinajstić information content (AvgIpc) is 3.02. The SMILES string of the molecule is CCC(=O)c1c(OCc2ccc(O)cc2)c(-c2ccc(O)cc2)c(OC)c(-c2c(OC)cc(OC)cc2OC)c1OC. The van der Waals surface area contributed by atoms with Gasteiger partial charge in [0.15, 0.2) is 5.78 Å². The summed E-state index contributed by atoms with van der Waals surface area (Å²) < 4.78 is 35.5. The van der Waals surface area contributed by atoms with Crippen LogP contribution in [0.1, 0.15) is 29.3 Å². The Morgan fingerprint density at radius 3 is 1.67 bits per heavy atom. The maximum Gasteiger partial charge on any atom is 0.170 e. The Hall–Kier alpha value is -5.05. The number of methoxy groups -OCH3 is 5. The van der Waals surface area contributed by atoms with Gasteiger partial charge in [-0.3, -0.25) is 4.79 Å². The summed E-state index contributed by atoms with van der Waals surface area (Å²) in [7, 11) is 7.55. The van der Waals surface area contributed by atoms with Crippen LogP contribution in [0.25, 0.3) is 22.3 Å². The molecule has 0 radical (unpaired) electrons. The Bertz CT molecular complexity index is 1530. The third-order valence-corrected chi connectivity index (χ3v) is 6.81. The number of rotatable bonds is 12. The van der Waals surface area contributed by atoms with E-state index < -0.39 is 0 Å². The number of carbonyl (C=O) groups is 1. The molecule has 4 rings (SSSR count). The lowest BCUT2D eigenvalue weighted by atomic mass is 9.89. The van der Waals surface area contributed by atoms with Crippen LogP contribution >= 0.6 is 0 Å². The van der Waals surface area contributed by atoms with Gasteiger partial charge in [-0.1, -0.05) is 31.2 Å². The molecule has 9 nitrogen and oxygen atoms in total. The number of benzene rings is 4. The maximum atomic E-state index is 13.7. The van der Waals surface area contributed by atoms with Gasteiger partial charge in [0.25, 0.3) is 0 Å². The van der Waals surface area contributed by atoms with Crippen molar-refractivity contribution in [1.82, 2.24) is 0 Å². The Kier molecular flexibility index (Phi) is 9.32. The normalized spacial score (nSPS) is 10.6.